The molecule has 0 radical (unpaired) electrons. The number of terminal acetylenes is 1. The summed E-state index contributed by atoms with van der Waals surface area (Å²) in [5.74, 6) is 2.54. The van der Waals surface area contributed by atoms with E-state index in [9.17, 15) is 0 Å². The molecule has 0 aromatic carbocycles. The third-order valence-corrected chi connectivity index (χ3v) is 2.62. The zero-order chi connectivity index (χ0) is 8.97. The van der Waals surface area contributed by atoms with Crippen molar-refractivity contribution in [1.82, 2.24) is 10.3 Å². The lowest BCUT2D eigenvalue weighted by Crippen LogP contribution is -2.18. The van der Waals surface area contributed by atoms with E-state index in [0.717, 1.165) is 5.01 Å². The van der Waals surface area contributed by atoms with Gasteiger partial charge in [-0.15, -0.1) is 17.8 Å². The number of nitrogens with zero attached hydrogens (tertiary/aromatic N) is 1. The van der Waals surface area contributed by atoms with Crippen LogP contribution < -0.4 is 5.32 Å². The Morgan fingerprint density at radius 2 is 2.58 bits per heavy atom. The van der Waals surface area contributed by atoms with Crippen LogP contribution >= 0.6 is 11.3 Å². The Labute approximate surface area is 77.0 Å². The fourth-order valence-electron chi connectivity index (χ4n) is 0.872. The zero-order valence-corrected chi connectivity index (χ0v) is 8.11. The zero-order valence-electron chi connectivity index (χ0n) is 7.29. The van der Waals surface area contributed by atoms with Crippen molar-refractivity contribution < 1.29 is 0 Å². The quantitative estimate of drug-likeness (QED) is 0.717. The van der Waals surface area contributed by atoms with Crippen LogP contribution in [0.1, 0.15) is 22.9 Å². The highest BCUT2D eigenvalue weighted by Gasteiger charge is 2.06. The van der Waals surface area contributed by atoms with Gasteiger partial charge in [0.1, 0.15) is 5.01 Å². The van der Waals surface area contributed by atoms with Gasteiger partial charge in [-0.25, -0.2) is 4.98 Å². The van der Waals surface area contributed by atoms with Crippen molar-refractivity contribution in [1.29, 1.82) is 0 Å². The number of aryl methyl sites for hydroxylation is 1. The summed E-state index contributed by atoms with van der Waals surface area (Å²) in [5.41, 5.74) is 0. The van der Waals surface area contributed by atoms with Crippen LogP contribution in [0.4, 0.5) is 0 Å². The Kier molecular flexibility index (Phi) is 3.27. The van der Waals surface area contributed by atoms with E-state index in [0.29, 0.717) is 6.54 Å². The molecule has 1 N–H and O–H groups in total. The molecule has 0 bridgehead atoms. The lowest BCUT2D eigenvalue weighted by molar-refractivity contribution is 0.619. The first-order valence-electron chi connectivity index (χ1n) is 3.83. The number of rotatable bonds is 3. The SMILES string of the molecule is C#CCNC(C)c1ncc(C)s1. The normalized spacial score (nSPS) is 12.4. The fourth-order valence-corrected chi connectivity index (χ4v) is 1.67. The fraction of sp³-hybridized carbons (Fsp3) is 0.444. The Morgan fingerprint density at radius 3 is 3.08 bits per heavy atom. The lowest BCUT2D eigenvalue weighted by atomic mass is 10.3. The van der Waals surface area contributed by atoms with Crippen LogP contribution in [-0.2, 0) is 0 Å². The predicted octanol–water partition coefficient (Wildman–Crippen LogP) is 1.74. The van der Waals surface area contributed by atoms with Gasteiger partial charge in [0.15, 0.2) is 0 Å². The molecule has 1 aromatic rings. The standard InChI is InChI=1S/C9H12N2S/c1-4-5-10-8(3)9-11-6-7(2)12-9/h1,6,8,10H,5H2,2-3H3. The second kappa shape index (κ2) is 4.24. The molecule has 0 saturated carbocycles. The topological polar surface area (TPSA) is 24.9 Å². The molecule has 2 nitrogen and oxygen atoms in total. The first kappa shape index (κ1) is 9.24. The Morgan fingerprint density at radius 1 is 1.83 bits per heavy atom. The molecular formula is C9H12N2S. The van der Waals surface area contributed by atoms with Gasteiger partial charge in [0, 0.05) is 11.1 Å². The van der Waals surface area contributed by atoms with E-state index in [1.807, 2.05) is 6.20 Å². The molecule has 0 fully saturated rings. The van der Waals surface area contributed by atoms with Crippen LogP contribution in [0.25, 0.3) is 0 Å². The lowest BCUT2D eigenvalue weighted by Gasteiger charge is -2.06. The average Bonchev–Trinajstić information content (AvgIpc) is 2.47. The van der Waals surface area contributed by atoms with Gasteiger partial charge < -0.3 is 0 Å². The Bertz CT molecular complexity index is 285. The van der Waals surface area contributed by atoms with Gasteiger partial charge in [0.05, 0.1) is 12.6 Å². The maximum absolute atomic E-state index is 5.13. The largest absolute Gasteiger partial charge is 0.297 e. The molecule has 1 unspecified atom stereocenters. The number of aromatic nitrogens is 1. The summed E-state index contributed by atoms with van der Waals surface area (Å²) in [6.45, 7) is 4.71. The monoisotopic (exact) mass is 180 g/mol. The number of hydrogen-bond acceptors (Lipinski definition) is 3. The third-order valence-electron chi connectivity index (χ3n) is 1.52. The summed E-state index contributed by atoms with van der Waals surface area (Å²) < 4.78 is 0. The molecule has 64 valence electrons. The number of nitrogens with one attached hydrogen (secondary N) is 1. The minimum absolute atomic E-state index is 0.264. The Hall–Kier alpha value is -0.850. The molecule has 0 aliphatic heterocycles. The Balaban J connectivity index is 2.54. The summed E-state index contributed by atoms with van der Waals surface area (Å²) in [5, 5.41) is 4.27. The predicted molar refractivity (Wildman–Crippen MR) is 52.1 cm³/mol. The molecule has 1 atom stereocenters. The number of hydrogen-bond donors (Lipinski definition) is 1. The summed E-state index contributed by atoms with van der Waals surface area (Å²) in [7, 11) is 0. The molecule has 1 heterocycles. The van der Waals surface area contributed by atoms with Crippen molar-refractivity contribution in [2.24, 2.45) is 0 Å². The first-order valence-corrected chi connectivity index (χ1v) is 4.65. The highest BCUT2D eigenvalue weighted by Crippen LogP contribution is 2.18. The van der Waals surface area contributed by atoms with E-state index >= 15 is 0 Å². The van der Waals surface area contributed by atoms with Crippen molar-refractivity contribution in [2.75, 3.05) is 6.54 Å². The van der Waals surface area contributed by atoms with Crippen molar-refractivity contribution in [3.63, 3.8) is 0 Å². The molecule has 0 aliphatic rings. The van der Waals surface area contributed by atoms with E-state index < -0.39 is 0 Å². The molecule has 12 heavy (non-hydrogen) atoms. The smallest absolute Gasteiger partial charge is 0.109 e. The van der Waals surface area contributed by atoms with Crippen LogP contribution in [0.2, 0.25) is 0 Å². The highest BCUT2D eigenvalue weighted by molar-refractivity contribution is 7.11. The van der Waals surface area contributed by atoms with Gasteiger partial charge in [-0.2, -0.15) is 0 Å². The second-order valence-corrected chi connectivity index (χ2v) is 3.88. The average molecular weight is 180 g/mol. The molecule has 1 aromatic heterocycles. The first-order chi connectivity index (χ1) is 5.74. The number of thiazole rings is 1. The molecule has 3 heteroatoms. The molecule has 0 spiro atoms. The van der Waals surface area contributed by atoms with Crippen molar-refractivity contribution in [3.05, 3.63) is 16.1 Å². The van der Waals surface area contributed by atoms with E-state index in [1.54, 1.807) is 11.3 Å². The summed E-state index contributed by atoms with van der Waals surface area (Å²) in [6.07, 6.45) is 7.01. The molecule has 0 saturated heterocycles. The maximum atomic E-state index is 5.13. The molecule has 1 rings (SSSR count). The van der Waals surface area contributed by atoms with Gasteiger partial charge >= 0.3 is 0 Å². The van der Waals surface area contributed by atoms with E-state index in [2.05, 4.69) is 30.1 Å². The van der Waals surface area contributed by atoms with Crippen LogP contribution in [0, 0.1) is 19.3 Å². The van der Waals surface area contributed by atoms with Gasteiger partial charge in [-0.1, -0.05) is 5.92 Å². The third kappa shape index (κ3) is 2.33. The van der Waals surface area contributed by atoms with Crippen molar-refractivity contribution in [2.45, 2.75) is 19.9 Å². The van der Waals surface area contributed by atoms with E-state index in [4.69, 9.17) is 6.42 Å². The van der Waals surface area contributed by atoms with E-state index in [-0.39, 0.29) is 6.04 Å². The van der Waals surface area contributed by atoms with Gasteiger partial charge in [-0.05, 0) is 13.8 Å². The van der Waals surface area contributed by atoms with Gasteiger partial charge in [-0.3, -0.25) is 5.32 Å². The molecular weight excluding hydrogens is 168 g/mol. The van der Waals surface area contributed by atoms with Crippen LogP contribution in [0.5, 0.6) is 0 Å². The van der Waals surface area contributed by atoms with Crippen molar-refractivity contribution >= 4 is 11.3 Å². The second-order valence-electron chi connectivity index (χ2n) is 2.62. The van der Waals surface area contributed by atoms with Crippen LogP contribution in [0.3, 0.4) is 0 Å². The van der Waals surface area contributed by atoms with E-state index in [1.165, 1.54) is 4.88 Å². The minimum atomic E-state index is 0.264. The summed E-state index contributed by atoms with van der Waals surface area (Å²) in [4.78, 5) is 5.49. The molecule has 0 amide bonds. The van der Waals surface area contributed by atoms with Crippen molar-refractivity contribution in [3.8, 4) is 12.3 Å². The minimum Gasteiger partial charge on any atom is -0.297 e. The summed E-state index contributed by atoms with van der Waals surface area (Å²) in [6, 6.07) is 0.264. The summed E-state index contributed by atoms with van der Waals surface area (Å²) >= 11 is 1.70. The van der Waals surface area contributed by atoms with Crippen LogP contribution in [-0.4, -0.2) is 11.5 Å². The maximum Gasteiger partial charge on any atom is 0.109 e. The molecule has 0 aliphatic carbocycles. The highest BCUT2D eigenvalue weighted by atomic mass is 32.1. The van der Waals surface area contributed by atoms with Gasteiger partial charge in [0.2, 0.25) is 0 Å². The van der Waals surface area contributed by atoms with Crippen LogP contribution in [0.15, 0.2) is 6.20 Å². The van der Waals surface area contributed by atoms with Gasteiger partial charge in [0.25, 0.3) is 0 Å².